The van der Waals surface area contributed by atoms with Gasteiger partial charge in [0.25, 0.3) is 0 Å². The van der Waals surface area contributed by atoms with Crippen LogP contribution in [-0.4, -0.2) is 19.8 Å². The summed E-state index contributed by atoms with van der Waals surface area (Å²) in [6.07, 6.45) is 1.15. The van der Waals surface area contributed by atoms with Crippen molar-refractivity contribution in [3.05, 3.63) is 29.3 Å². The Balaban J connectivity index is 2.83. The van der Waals surface area contributed by atoms with E-state index in [0.717, 1.165) is 30.9 Å². The number of benzene rings is 1. The number of hydrogen-bond acceptors (Lipinski definition) is 3. The second-order valence-corrected chi connectivity index (χ2v) is 4.61. The van der Waals surface area contributed by atoms with E-state index in [9.17, 15) is 0 Å². The molecular formula is C16H27NO2. The predicted molar refractivity (Wildman–Crippen MR) is 79.6 cm³/mol. The molecule has 0 bridgehead atoms. The van der Waals surface area contributed by atoms with Crippen molar-refractivity contribution in [2.24, 2.45) is 0 Å². The summed E-state index contributed by atoms with van der Waals surface area (Å²) in [5.74, 6) is 0.933. The van der Waals surface area contributed by atoms with Crippen LogP contribution in [0.5, 0.6) is 5.75 Å². The Morgan fingerprint density at radius 1 is 1.16 bits per heavy atom. The minimum atomic E-state index is 0.357. The molecule has 0 spiro atoms. The Labute approximate surface area is 117 Å². The van der Waals surface area contributed by atoms with E-state index in [2.05, 4.69) is 37.4 Å². The van der Waals surface area contributed by atoms with Gasteiger partial charge in [-0.3, -0.25) is 0 Å². The Kier molecular flexibility index (Phi) is 7.53. The summed E-state index contributed by atoms with van der Waals surface area (Å²) in [5, 5.41) is 3.50. The van der Waals surface area contributed by atoms with Crippen LogP contribution in [0.15, 0.2) is 18.2 Å². The number of ether oxygens (including phenoxy) is 2. The minimum absolute atomic E-state index is 0.357. The van der Waals surface area contributed by atoms with Gasteiger partial charge in [0, 0.05) is 18.2 Å². The highest BCUT2D eigenvalue weighted by Gasteiger charge is 2.09. The summed E-state index contributed by atoms with van der Waals surface area (Å²) >= 11 is 0. The second kappa shape index (κ2) is 8.94. The summed E-state index contributed by atoms with van der Waals surface area (Å²) < 4.78 is 11.2. The molecule has 0 amide bonds. The first-order valence-corrected chi connectivity index (χ1v) is 7.29. The van der Waals surface area contributed by atoms with E-state index in [4.69, 9.17) is 9.47 Å². The fourth-order valence-corrected chi connectivity index (χ4v) is 1.97. The number of nitrogens with one attached hydrogen (secondary N) is 1. The fraction of sp³-hybridized carbons (Fsp3) is 0.625. The van der Waals surface area contributed by atoms with Gasteiger partial charge in [0.2, 0.25) is 0 Å². The van der Waals surface area contributed by atoms with Crippen molar-refractivity contribution in [1.29, 1.82) is 0 Å². The highest BCUT2D eigenvalue weighted by molar-refractivity contribution is 5.38. The zero-order valence-corrected chi connectivity index (χ0v) is 12.7. The van der Waals surface area contributed by atoms with Crippen molar-refractivity contribution in [2.75, 3.05) is 19.8 Å². The fourth-order valence-electron chi connectivity index (χ4n) is 1.97. The van der Waals surface area contributed by atoms with E-state index < -0.39 is 0 Å². The largest absolute Gasteiger partial charge is 0.494 e. The smallest absolute Gasteiger partial charge is 0.124 e. The first-order valence-electron chi connectivity index (χ1n) is 7.29. The van der Waals surface area contributed by atoms with Crippen LogP contribution in [-0.2, 0) is 11.3 Å². The molecule has 0 saturated heterocycles. The average Bonchev–Trinajstić information content (AvgIpc) is 2.43. The van der Waals surface area contributed by atoms with Crippen LogP contribution in [0.2, 0.25) is 0 Å². The van der Waals surface area contributed by atoms with Crippen LogP contribution in [0.4, 0.5) is 0 Å². The normalized spacial score (nSPS) is 12.4. The van der Waals surface area contributed by atoms with Crippen LogP contribution < -0.4 is 10.1 Å². The maximum Gasteiger partial charge on any atom is 0.124 e. The molecule has 0 saturated carbocycles. The van der Waals surface area contributed by atoms with Crippen molar-refractivity contribution in [3.8, 4) is 5.75 Å². The molecule has 3 heteroatoms. The molecule has 1 unspecified atom stereocenters. The first kappa shape index (κ1) is 16.0. The molecule has 0 fully saturated rings. The molecule has 0 aliphatic rings. The van der Waals surface area contributed by atoms with Gasteiger partial charge < -0.3 is 14.8 Å². The maximum absolute atomic E-state index is 5.65. The van der Waals surface area contributed by atoms with Gasteiger partial charge in [0.15, 0.2) is 0 Å². The third-order valence-corrected chi connectivity index (χ3v) is 3.05. The molecule has 0 aliphatic heterocycles. The highest BCUT2D eigenvalue weighted by Crippen LogP contribution is 2.24. The molecule has 1 N–H and O–H groups in total. The van der Waals surface area contributed by atoms with Gasteiger partial charge in [-0.2, -0.15) is 0 Å². The Morgan fingerprint density at radius 3 is 2.58 bits per heavy atom. The Hall–Kier alpha value is -1.06. The SMILES string of the molecule is CCCNC(C)c1ccc(OCC)c(COCC)c1. The molecular weight excluding hydrogens is 238 g/mol. The third kappa shape index (κ3) is 5.21. The van der Waals surface area contributed by atoms with Crippen molar-refractivity contribution in [1.82, 2.24) is 5.32 Å². The molecule has 0 radical (unpaired) electrons. The van der Waals surface area contributed by atoms with Crippen LogP contribution in [0, 0.1) is 0 Å². The monoisotopic (exact) mass is 265 g/mol. The lowest BCUT2D eigenvalue weighted by molar-refractivity contribution is 0.131. The summed E-state index contributed by atoms with van der Waals surface area (Å²) in [5.41, 5.74) is 2.41. The minimum Gasteiger partial charge on any atom is -0.494 e. The van der Waals surface area contributed by atoms with E-state index in [0.29, 0.717) is 19.3 Å². The second-order valence-electron chi connectivity index (χ2n) is 4.61. The van der Waals surface area contributed by atoms with E-state index in [1.165, 1.54) is 5.56 Å². The van der Waals surface area contributed by atoms with Crippen LogP contribution >= 0.6 is 0 Å². The van der Waals surface area contributed by atoms with Crippen LogP contribution in [0.25, 0.3) is 0 Å². The van der Waals surface area contributed by atoms with Gasteiger partial charge in [-0.15, -0.1) is 0 Å². The van der Waals surface area contributed by atoms with Gasteiger partial charge in [-0.25, -0.2) is 0 Å². The predicted octanol–water partition coefficient (Wildman–Crippen LogP) is 3.68. The molecule has 1 rings (SSSR count). The molecule has 1 aromatic rings. The molecule has 1 aromatic carbocycles. The maximum atomic E-state index is 5.65. The zero-order valence-electron chi connectivity index (χ0n) is 12.7. The molecule has 108 valence electrons. The summed E-state index contributed by atoms with van der Waals surface area (Å²) in [6, 6.07) is 6.73. The van der Waals surface area contributed by atoms with Gasteiger partial charge in [-0.1, -0.05) is 13.0 Å². The average molecular weight is 265 g/mol. The lowest BCUT2D eigenvalue weighted by Gasteiger charge is -2.17. The number of hydrogen-bond donors (Lipinski definition) is 1. The Bertz CT molecular complexity index is 366. The Morgan fingerprint density at radius 2 is 1.95 bits per heavy atom. The van der Waals surface area contributed by atoms with E-state index in [1.54, 1.807) is 0 Å². The summed E-state index contributed by atoms with van der Waals surface area (Å²) in [7, 11) is 0. The standard InChI is InChI=1S/C16H27NO2/c1-5-10-17-13(4)14-8-9-16(19-7-3)15(11-14)12-18-6-2/h8-9,11,13,17H,5-7,10,12H2,1-4H3. The lowest BCUT2D eigenvalue weighted by Crippen LogP contribution is -2.19. The lowest BCUT2D eigenvalue weighted by atomic mass is 10.0. The van der Waals surface area contributed by atoms with Crippen LogP contribution in [0.3, 0.4) is 0 Å². The van der Waals surface area contributed by atoms with Gasteiger partial charge in [0.1, 0.15) is 5.75 Å². The molecule has 0 aliphatic carbocycles. The summed E-state index contributed by atoms with van der Waals surface area (Å²) in [4.78, 5) is 0. The molecule has 0 aromatic heterocycles. The van der Waals surface area contributed by atoms with Crippen molar-refractivity contribution < 1.29 is 9.47 Å². The van der Waals surface area contributed by atoms with Crippen molar-refractivity contribution in [3.63, 3.8) is 0 Å². The quantitative estimate of drug-likeness (QED) is 0.739. The van der Waals surface area contributed by atoms with E-state index in [-0.39, 0.29) is 0 Å². The highest BCUT2D eigenvalue weighted by atomic mass is 16.5. The van der Waals surface area contributed by atoms with Crippen molar-refractivity contribution >= 4 is 0 Å². The van der Waals surface area contributed by atoms with Gasteiger partial charge >= 0.3 is 0 Å². The number of rotatable bonds is 9. The summed E-state index contributed by atoms with van der Waals surface area (Å²) in [6.45, 7) is 11.4. The van der Waals surface area contributed by atoms with Gasteiger partial charge in [0.05, 0.1) is 13.2 Å². The topological polar surface area (TPSA) is 30.5 Å². The van der Waals surface area contributed by atoms with Crippen molar-refractivity contribution in [2.45, 2.75) is 46.8 Å². The first-order chi connectivity index (χ1) is 9.22. The van der Waals surface area contributed by atoms with Crippen LogP contribution in [0.1, 0.15) is 51.3 Å². The third-order valence-electron chi connectivity index (χ3n) is 3.05. The molecule has 1 atom stereocenters. The van der Waals surface area contributed by atoms with E-state index >= 15 is 0 Å². The molecule has 0 heterocycles. The molecule has 3 nitrogen and oxygen atoms in total. The van der Waals surface area contributed by atoms with Gasteiger partial charge in [-0.05, 0) is 51.4 Å². The molecule has 19 heavy (non-hydrogen) atoms. The zero-order chi connectivity index (χ0) is 14.1. The van der Waals surface area contributed by atoms with E-state index in [1.807, 2.05) is 13.8 Å².